The van der Waals surface area contributed by atoms with Gasteiger partial charge in [0.2, 0.25) is 0 Å². The highest BCUT2D eigenvalue weighted by Gasteiger charge is 2.33. The van der Waals surface area contributed by atoms with Gasteiger partial charge in [-0.15, -0.1) is 0 Å². The van der Waals surface area contributed by atoms with E-state index in [-0.39, 0.29) is 11.9 Å². The zero-order valence-corrected chi connectivity index (χ0v) is 14.9. The maximum Gasteiger partial charge on any atom is 0.262 e. The van der Waals surface area contributed by atoms with Crippen molar-refractivity contribution in [2.45, 2.75) is 38.6 Å². The molecule has 0 bridgehead atoms. The molecule has 2 heterocycles. The monoisotopic (exact) mass is 344 g/mol. The first-order chi connectivity index (χ1) is 12.2. The fourth-order valence-electron chi connectivity index (χ4n) is 3.39. The molecule has 1 aromatic heterocycles. The highest BCUT2D eigenvalue weighted by atomic mass is 16.5. The first-order valence-corrected chi connectivity index (χ1v) is 8.61. The van der Waals surface area contributed by atoms with Crippen molar-refractivity contribution in [2.75, 3.05) is 20.8 Å². The molecule has 1 unspecified atom stereocenters. The van der Waals surface area contributed by atoms with Crippen LogP contribution in [0.25, 0.3) is 0 Å². The molecule has 0 aliphatic carbocycles. The summed E-state index contributed by atoms with van der Waals surface area (Å²) in [6, 6.07) is 7.16. The van der Waals surface area contributed by atoms with Crippen LogP contribution in [0.15, 0.2) is 28.8 Å². The van der Waals surface area contributed by atoms with Gasteiger partial charge in [-0.05, 0) is 31.9 Å². The molecule has 0 saturated carbocycles. The number of rotatable bonds is 4. The number of hydrogen-bond donors (Lipinski definition) is 0. The summed E-state index contributed by atoms with van der Waals surface area (Å²) in [6.45, 7) is 2.56. The molecule has 1 amide bonds. The lowest BCUT2D eigenvalue weighted by Gasteiger charge is -2.29. The predicted octanol–water partition coefficient (Wildman–Crippen LogP) is 3.76. The summed E-state index contributed by atoms with van der Waals surface area (Å²) in [6.07, 6.45) is 3.97. The molecule has 1 aliphatic heterocycles. The molecule has 25 heavy (non-hydrogen) atoms. The minimum atomic E-state index is -0.120. The smallest absolute Gasteiger partial charge is 0.262 e. The van der Waals surface area contributed by atoms with Crippen LogP contribution < -0.4 is 9.47 Å². The number of nitrogens with zero attached hydrogens (tertiary/aromatic N) is 2. The maximum absolute atomic E-state index is 13.4. The Balaban J connectivity index is 2.01. The molecular formula is C19H24N2O4. The molecule has 2 aromatic rings. The van der Waals surface area contributed by atoms with Crippen LogP contribution in [0.1, 0.15) is 53.5 Å². The van der Waals surface area contributed by atoms with Gasteiger partial charge in [0.25, 0.3) is 5.91 Å². The summed E-state index contributed by atoms with van der Waals surface area (Å²) >= 11 is 0. The topological polar surface area (TPSA) is 64.8 Å². The van der Waals surface area contributed by atoms with Crippen LogP contribution in [0.3, 0.4) is 0 Å². The number of amides is 1. The second-order valence-corrected chi connectivity index (χ2v) is 6.27. The van der Waals surface area contributed by atoms with Crippen LogP contribution in [-0.4, -0.2) is 36.7 Å². The number of carbonyl (C=O) groups is 1. The van der Waals surface area contributed by atoms with Crippen molar-refractivity contribution in [1.29, 1.82) is 0 Å². The van der Waals surface area contributed by atoms with Crippen LogP contribution >= 0.6 is 0 Å². The summed E-state index contributed by atoms with van der Waals surface area (Å²) in [5, 5.41) is 3.99. The molecule has 3 rings (SSSR count). The Hall–Kier alpha value is -2.50. The number of ether oxygens (including phenoxy) is 2. The quantitative estimate of drug-likeness (QED) is 0.845. The van der Waals surface area contributed by atoms with E-state index in [4.69, 9.17) is 14.0 Å². The molecule has 6 nitrogen and oxygen atoms in total. The van der Waals surface area contributed by atoms with Crippen molar-refractivity contribution in [1.82, 2.24) is 10.1 Å². The van der Waals surface area contributed by atoms with E-state index in [1.165, 1.54) is 0 Å². The summed E-state index contributed by atoms with van der Waals surface area (Å²) in [4.78, 5) is 15.3. The third-order valence-corrected chi connectivity index (χ3v) is 4.63. The Morgan fingerprint density at radius 3 is 2.52 bits per heavy atom. The zero-order chi connectivity index (χ0) is 17.8. The average Bonchev–Trinajstić information content (AvgIpc) is 2.92. The molecule has 6 heteroatoms. The van der Waals surface area contributed by atoms with Gasteiger partial charge in [-0.3, -0.25) is 4.79 Å². The second kappa shape index (κ2) is 7.59. The SMILES string of the molecule is COc1cccc(OC)c1C(=O)N1CCCCCC1c1cc(C)no1. The molecule has 1 fully saturated rings. The van der Waals surface area contributed by atoms with Gasteiger partial charge in [0.1, 0.15) is 17.1 Å². The number of benzene rings is 1. The summed E-state index contributed by atoms with van der Waals surface area (Å²) < 4.78 is 16.3. The van der Waals surface area contributed by atoms with E-state index in [9.17, 15) is 4.79 Å². The molecule has 1 aromatic carbocycles. The van der Waals surface area contributed by atoms with Crippen molar-refractivity contribution < 1.29 is 18.8 Å². The third-order valence-electron chi connectivity index (χ3n) is 4.63. The molecule has 0 radical (unpaired) electrons. The first kappa shape index (κ1) is 17.3. The normalized spacial score (nSPS) is 17.9. The van der Waals surface area contributed by atoms with E-state index >= 15 is 0 Å². The molecule has 0 N–H and O–H groups in total. The first-order valence-electron chi connectivity index (χ1n) is 8.61. The van der Waals surface area contributed by atoms with Crippen LogP contribution in [0, 0.1) is 6.92 Å². The Kier molecular flexibility index (Phi) is 5.26. The number of carbonyl (C=O) groups excluding carboxylic acids is 1. The van der Waals surface area contributed by atoms with E-state index in [2.05, 4.69) is 5.16 Å². The molecular weight excluding hydrogens is 320 g/mol. The van der Waals surface area contributed by atoms with Gasteiger partial charge in [0, 0.05) is 12.6 Å². The van der Waals surface area contributed by atoms with Crippen LogP contribution in [-0.2, 0) is 0 Å². The number of methoxy groups -OCH3 is 2. The van der Waals surface area contributed by atoms with Gasteiger partial charge in [-0.2, -0.15) is 0 Å². The highest BCUT2D eigenvalue weighted by molar-refractivity contribution is 6.00. The van der Waals surface area contributed by atoms with Gasteiger partial charge in [0.05, 0.1) is 26.0 Å². The van der Waals surface area contributed by atoms with Crippen molar-refractivity contribution in [3.63, 3.8) is 0 Å². The fraction of sp³-hybridized carbons (Fsp3) is 0.474. The van der Waals surface area contributed by atoms with Crippen LogP contribution in [0.2, 0.25) is 0 Å². The number of hydrogen-bond acceptors (Lipinski definition) is 5. The van der Waals surface area contributed by atoms with E-state index in [0.29, 0.717) is 23.6 Å². The lowest BCUT2D eigenvalue weighted by Crippen LogP contribution is -2.35. The Bertz CT molecular complexity index is 719. The summed E-state index contributed by atoms with van der Waals surface area (Å²) in [5.74, 6) is 1.67. The number of aryl methyl sites for hydroxylation is 1. The Morgan fingerprint density at radius 2 is 1.92 bits per heavy atom. The molecule has 134 valence electrons. The minimum absolute atomic E-state index is 0.102. The predicted molar refractivity (Wildman–Crippen MR) is 93.0 cm³/mol. The second-order valence-electron chi connectivity index (χ2n) is 6.27. The Labute approximate surface area is 147 Å². The summed E-state index contributed by atoms with van der Waals surface area (Å²) in [5.41, 5.74) is 1.28. The van der Waals surface area contributed by atoms with Crippen molar-refractivity contribution in [3.8, 4) is 11.5 Å². The van der Waals surface area contributed by atoms with Gasteiger partial charge in [0.15, 0.2) is 5.76 Å². The van der Waals surface area contributed by atoms with Crippen LogP contribution in [0.4, 0.5) is 0 Å². The summed E-state index contributed by atoms with van der Waals surface area (Å²) in [7, 11) is 3.12. The van der Waals surface area contributed by atoms with Gasteiger partial charge in [-0.25, -0.2) is 0 Å². The van der Waals surface area contributed by atoms with Crippen LogP contribution in [0.5, 0.6) is 11.5 Å². The van der Waals surface area contributed by atoms with Gasteiger partial charge in [-0.1, -0.05) is 24.1 Å². The van der Waals surface area contributed by atoms with Crippen molar-refractivity contribution >= 4 is 5.91 Å². The average molecular weight is 344 g/mol. The number of aromatic nitrogens is 1. The highest BCUT2D eigenvalue weighted by Crippen LogP contribution is 2.36. The van der Waals surface area contributed by atoms with Gasteiger partial charge < -0.3 is 18.9 Å². The Morgan fingerprint density at radius 1 is 1.20 bits per heavy atom. The number of likely N-dealkylation sites (tertiary alicyclic amines) is 1. The van der Waals surface area contributed by atoms with Crippen molar-refractivity contribution in [2.24, 2.45) is 0 Å². The largest absolute Gasteiger partial charge is 0.496 e. The lowest BCUT2D eigenvalue weighted by molar-refractivity contribution is 0.0644. The minimum Gasteiger partial charge on any atom is -0.496 e. The molecule has 1 saturated heterocycles. The zero-order valence-electron chi connectivity index (χ0n) is 14.9. The lowest BCUT2D eigenvalue weighted by atomic mass is 10.0. The van der Waals surface area contributed by atoms with E-state index in [0.717, 1.165) is 37.1 Å². The third kappa shape index (κ3) is 3.48. The standard InChI is InChI=1S/C19H24N2O4/c1-13-12-17(25-20-13)14-8-5-4-6-11-21(14)19(22)18-15(23-2)9-7-10-16(18)24-3/h7,9-10,12,14H,4-6,8,11H2,1-3H3. The van der Waals surface area contributed by atoms with E-state index in [1.54, 1.807) is 26.4 Å². The molecule has 1 atom stereocenters. The maximum atomic E-state index is 13.4. The molecule has 1 aliphatic rings. The van der Waals surface area contributed by atoms with Gasteiger partial charge >= 0.3 is 0 Å². The van der Waals surface area contributed by atoms with E-state index < -0.39 is 0 Å². The van der Waals surface area contributed by atoms with E-state index in [1.807, 2.05) is 24.0 Å². The molecule has 0 spiro atoms. The van der Waals surface area contributed by atoms with Crippen molar-refractivity contribution in [3.05, 3.63) is 41.3 Å². The fourth-order valence-corrected chi connectivity index (χ4v) is 3.39.